The van der Waals surface area contributed by atoms with Gasteiger partial charge < -0.3 is 16.0 Å². The van der Waals surface area contributed by atoms with Gasteiger partial charge in [0.2, 0.25) is 17.7 Å². The van der Waals surface area contributed by atoms with Gasteiger partial charge in [-0.3, -0.25) is 14.4 Å². The lowest BCUT2D eigenvalue weighted by atomic mass is 10.1. The minimum Gasteiger partial charge on any atom is -0.326 e. The number of nitrogens with one attached hydrogen (secondary N) is 3. The van der Waals surface area contributed by atoms with Crippen LogP contribution in [0.2, 0.25) is 0 Å². The van der Waals surface area contributed by atoms with E-state index in [-0.39, 0.29) is 29.6 Å². The van der Waals surface area contributed by atoms with Crippen molar-refractivity contribution in [2.45, 2.75) is 27.2 Å². The molecule has 27 heavy (non-hydrogen) atoms. The predicted molar refractivity (Wildman–Crippen MR) is 106 cm³/mol. The SMILES string of the molecule is CC(=O)Nc1cccc(NC(=O)C2CC2C(=O)Nc2cc(C)cc(C)c2)c1. The first-order valence-electron chi connectivity index (χ1n) is 8.89. The Morgan fingerprint density at radius 1 is 0.778 bits per heavy atom. The van der Waals surface area contributed by atoms with E-state index in [2.05, 4.69) is 16.0 Å². The van der Waals surface area contributed by atoms with E-state index in [1.165, 1.54) is 6.92 Å². The van der Waals surface area contributed by atoms with Crippen LogP contribution in [0.4, 0.5) is 17.1 Å². The molecule has 3 rings (SSSR count). The first kappa shape index (κ1) is 18.6. The summed E-state index contributed by atoms with van der Waals surface area (Å²) in [4.78, 5) is 35.9. The minimum atomic E-state index is -0.333. The molecule has 6 nitrogen and oxygen atoms in total. The van der Waals surface area contributed by atoms with Crippen molar-refractivity contribution in [2.24, 2.45) is 11.8 Å². The van der Waals surface area contributed by atoms with Gasteiger partial charge in [0.15, 0.2) is 0 Å². The lowest BCUT2D eigenvalue weighted by Crippen LogP contribution is -2.20. The maximum Gasteiger partial charge on any atom is 0.228 e. The Morgan fingerprint density at radius 2 is 1.30 bits per heavy atom. The summed E-state index contributed by atoms with van der Waals surface area (Å²) < 4.78 is 0. The first-order valence-corrected chi connectivity index (χ1v) is 8.89. The number of aryl methyl sites for hydroxylation is 2. The summed E-state index contributed by atoms with van der Waals surface area (Å²) in [6.45, 7) is 5.38. The third-order valence-electron chi connectivity index (χ3n) is 4.40. The fourth-order valence-electron chi connectivity index (χ4n) is 3.17. The molecule has 0 bridgehead atoms. The molecular formula is C21H23N3O3. The maximum atomic E-state index is 12.4. The Kier molecular flexibility index (Phi) is 5.26. The molecule has 1 saturated carbocycles. The van der Waals surface area contributed by atoms with Crippen LogP contribution in [0.1, 0.15) is 24.5 Å². The van der Waals surface area contributed by atoms with Gasteiger partial charge in [-0.25, -0.2) is 0 Å². The van der Waals surface area contributed by atoms with E-state index >= 15 is 0 Å². The van der Waals surface area contributed by atoms with Crippen molar-refractivity contribution in [3.63, 3.8) is 0 Å². The summed E-state index contributed by atoms with van der Waals surface area (Å²) in [6, 6.07) is 12.8. The van der Waals surface area contributed by atoms with Crippen LogP contribution in [0.3, 0.4) is 0 Å². The van der Waals surface area contributed by atoms with Gasteiger partial charge in [0.25, 0.3) is 0 Å². The van der Waals surface area contributed by atoms with Crippen LogP contribution in [0.15, 0.2) is 42.5 Å². The Balaban J connectivity index is 1.57. The number of amides is 3. The molecule has 2 atom stereocenters. The van der Waals surface area contributed by atoms with Gasteiger partial charge in [-0.05, 0) is 61.7 Å². The standard InChI is InChI=1S/C21H23N3O3/c1-12-7-13(2)9-17(8-12)24-21(27)19-11-18(19)20(26)23-16-6-4-5-15(10-16)22-14(3)25/h4-10,18-19H,11H2,1-3H3,(H,22,25)(H,23,26)(H,24,27). The van der Waals surface area contributed by atoms with Gasteiger partial charge in [0.05, 0.1) is 11.8 Å². The van der Waals surface area contributed by atoms with Crippen molar-refractivity contribution < 1.29 is 14.4 Å². The highest BCUT2D eigenvalue weighted by atomic mass is 16.2. The molecule has 1 aliphatic carbocycles. The first-order chi connectivity index (χ1) is 12.8. The van der Waals surface area contributed by atoms with Crippen LogP contribution in [0.5, 0.6) is 0 Å². The van der Waals surface area contributed by atoms with Crippen LogP contribution in [0.25, 0.3) is 0 Å². The average molecular weight is 365 g/mol. The number of anilines is 3. The number of carbonyl (C=O) groups excluding carboxylic acids is 3. The second-order valence-corrected chi connectivity index (χ2v) is 7.07. The van der Waals surface area contributed by atoms with Crippen molar-refractivity contribution in [3.05, 3.63) is 53.6 Å². The molecule has 0 heterocycles. The zero-order valence-electron chi connectivity index (χ0n) is 15.6. The second kappa shape index (κ2) is 7.61. The second-order valence-electron chi connectivity index (χ2n) is 7.07. The van der Waals surface area contributed by atoms with Crippen molar-refractivity contribution >= 4 is 34.8 Å². The zero-order valence-corrected chi connectivity index (χ0v) is 15.6. The molecule has 3 amide bonds. The maximum absolute atomic E-state index is 12.4. The highest BCUT2D eigenvalue weighted by Gasteiger charge is 2.48. The molecule has 2 aromatic carbocycles. The number of benzene rings is 2. The predicted octanol–water partition coefficient (Wildman–Crippen LogP) is 3.48. The van der Waals surface area contributed by atoms with Crippen LogP contribution in [0, 0.1) is 25.7 Å². The van der Waals surface area contributed by atoms with Gasteiger partial charge in [0.1, 0.15) is 0 Å². The molecule has 2 unspecified atom stereocenters. The highest BCUT2D eigenvalue weighted by molar-refractivity contribution is 6.03. The van der Waals surface area contributed by atoms with Crippen LogP contribution in [-0.4, -0.2) is 17.7 Å². The topological polar surface area (TPSA) is 87.3 Å². The smallest absolute Gasteiger partial charge is 0.228 e. The summed E-state index contributed by atoms with van der Waals surface area (Å²) in [5.74, 6) is -1.14. The molecular weight excluding hydrogens is 342 g/mol. The van der Waals surface area contributed by atoms with E-state index in [9.17, 15) is 14.4 Å². The Hall–Kier alpha value is -3.15. The van der Waals surface area contributed by atoms with Crippen molar-refractivity contribution in [2.75, 3.05) is 16.0 Å². The van der Waals surface area contributed by atoms with Crippen molar-refractivity contribution in [1.82, 2.24) is 0 Å². The summed E-state index contributed by atoms with van der Waals surface area (Å²) >= 11 is 0. The molecule has 2 aromatic rings. The van der Waals surface area contributed by atoms with E-state index in [1.54, 1.807) is 24.3 Å². The fraction of sp³-hybridized carbons (Fsp3) is 0.286. The number of hydrogen-bond acceptors (Lipinski definition) is 3. The molecule has 6 heteroatoms. The van der Waals surface area contributed by atoms with Gasteiger partial charge in [0, 0.05) is 24.0 Å². The third kappa shape index (κ3) is 4.94. The Morgan fingerprint density at radius 3 is 1.85 bits per heavy atom. The van der Waals surface area contributed by atoms with Gasteiger partial charge in [-0.15, -0.1) is 0 Å². The lowest BCUT2D eigenvalue weighted by Gasteiger charge is -2.09. The monoisotopic (exact) mass is 365 g/mol. The molecule has 1 fully saturated rings. The third-order valence-corrected chi connectivity index (χ3v) is 4.40. The molecule has 3 N–H and O–H groups in total. The van der Waals surface area contributed by atoms with E-state index in [0.717, 1.165) is 16.8 Å². The summed E-state index contributed by atoms with van der Waals surface area (Å²) in [6.07, 6.45) is 0.536. The van der Waals surface area contributed by atoms with Gasteiger partial charge >= 0.3 is 0 Å². The normalized spacial score (nSPS) is 17.7. The molecule has 0 spiro atoms. The number of rotatable bonds is 5. The largest absolute Gasteiger partial charge is 0.326 e. The van der Waals surface area contributed by atoms with Crippen LogP contribution >= 0.6 is 0 Å². The van der Waals surface area contributed by atoms with E-state index in [0.29, 0.717) is 17.8 Å². The molecule has 0 saturated heterocycles. The Bertz CT molecular complexity index is 887. The minimum absolute atomic E-state index is 0.132. The summed E-state index contributed by atoms with van der Waals surface area (Å²) in [7, 11) is 0. The molecule has 140 valence electrons. The quantitative estimate of drug-likeness (QED) is 0.758. The van der Waals surface area contributed by atoms with Crippen molar-refractivity contribution in [1.29, 1.82) is 0 Å². The van der Waals surface area contributed by atoms with Crippen LogP contribution < -0.4 is 16.0 Å². The number of carbonyl (C=O) groups is 3. The lowest BCUT2D eigenvalue weighted by molar-refractivity contribution is -0.122. The number of hydrogen-bond donors (Lipinski definition) is 3. The molecule has 0 radical (unpaired) electrons. The molecule has 1 aliphatic rings. The van der Waals surface area contributed by atoms with Gasteiger partial charge in [-0.2, -0.15) is 0 Å². The van der Waals surface area contributed by atoms with E-state index < -0.39 is 0 Å². The summed E-state index contributed by atoms with van der Waals surface area (Å²) in [5.41, 5.74) is 4.11. The fourth-order valence-corrected chi connectivity index (χ4v) is 3.17. The molecule has 0 aromatic heterocycles. The zero-order chi connectivity index (χ0) is 19.6. The van der Waals surface area contributed by atoms with E-state index in [4.69, 9.17) is 0 Å². The van der Waals surface area contributed by atoms with E-state index in [1.807, 2.05) is 32.0 Å². The van der Waals surface area contributed by atoms with Gasteiger partial charge in [-0.1, -0.05) is 12.1 Å². The Labute approximate surface area is 158 Å². The van der Waals surface area contributed by atoms with Crippen LogP contribution in [-0.2, 0) is 14.4 Å². The molecule has 0 aliphatic heterocycles. The average Bonchev–Trinajstić information content (AvgIpc) is 3.34. The highest BCUT2D eigenvalue weighted by Crippen LogP contribution is 2.40. The van der Waals surface area contributed by atoms with Crippen molar-refractivity contribution in [3.8, 4) is 0 Å². The summed E-state index contributed by atoms with van der Waals surface area (Å²) in [5, 5.41) is 8.39.